The maximum absolute atomic E-state index is 10.8. The summed E-state index contributed by atoms with van der Waals surface area (Å²) in [6.07, 6.45) is 0.428. The second-order valence-corrected chi connectivity index (χ2v) is 4.97. The highest BCUT2D eigenvalue weighted by atomic mass is 35.5. The zero-order valence-electron chi connectivity index (χ0n) is 10.2. The van der Waals surface area contributed by atoms with Crippen molar-refractivity contribution in [3.05, 3.63) is 38.9 Å². The van der Waals surface area contributed by atoms with Crippen molar-refractivity contribution in [3.63, 3.8) is 0 Å². The van der Waals surface area contributed by atoms with Crippen molar-refractivity contribution in [2.75, 3.05) is 13.7 Å². The van der Waals surface area contributed by atoms with Gasteiger partial charge in [0.15, 0.2) is 0 Å². The van der Waals surface area contributed by atoms with Crippen LogP contribution in [0.15, 0.2) is 18.2 Å². The number of hydrogen-bond donors (Lipinski definition) is 0. The summed E-state index contributed by atoms with van der Waals surface area (Å²) in [6, 6.07) is 5.15. The molecule has 0 spiro atoms. The van der Waals surface area contributed by atoms with Crippen LogP contribution in [0.25, 0.3) is 0 Å². The van der Waals surface area contributed by atoms with Crippen LogP contribution >= 0.6 is 11.6 Å². The smallest absolute Gasteiger partial charge is 0.211 e. The molecule has 6 heteroatoms. The van der Waals surface area contributed by atoms with Crippen LogP contribution in [0.2, 0.25) is 5.02 Å². The summed E-state index contributed by atoms with van der Waals surface area (Å²) in [4.78, 5) is 10.4. The molecule has 2 rings (SSSR count). The first kappa shape index (κ1) is 13.1. The van der Waals surface area contributed by atoms with Crippen LogP contribution < -0.4 is 4.74 Å². The molecule has 0 aliphatic carbocycles. The molecule has 1 aliphatic rings. The van der Waals surface area contributed by atoms with E-state index in [-0.39, 0.29) is 17.4 Å². The first-order valence-corrected chi connectivity index (χ1v) is 5.97. The Balaban J connectivity index is 2.40. The van der Waals surface area contributed by atoms with E-state index in [4.69, 9.17) is 21.1 Å². The number of benzene rings is 1. The second kappa shape index (κ2) is 4.74. The number of halogens is 1. The van der Waals surface area contributed by atoms with Crippen molar-refractivity contribution in [3.8, 4) is 5.75 Å². The van der Waals surface area contributed by atoms with E-state index in [2.05, 4.69) is 0 Å². The van der Waals surface area contributed by atoms with E-state index in [1.165, 1.54) is 7.11 Å². The Kier molecular flexibility index (Phi) is 3.45. The molecular weight excluding hydrogens is 258 g/mol. The summed E-state index contributed by atoms with van der Waals surface area (Å²) >= 11 is 5.93. The lowest BCUT2D eigenvalue weighted by Gasteiger charge is -2.37. The minimum Gasteiger partial charge on any atom is -0.462 e. The lowest BCUT2D eigenvalue weighted by atomic mass is 9.88. The summed E-state index contributed by atoms with van der Waals surface area (Å²) in [7, 11) is 1.53. The van der Waals surface area contributed by atoms with Gasteiger partial charge >= 0.3 is 0 Å². The molecule has 5 nitrogen and oxygen atoms in total. The second-order valence-electron chi connectivity index (χ2n) is 4.54. The third-order valence-corrected chi connectivity index (χ3v) is 3.39. The van der Waals surface area contributed by atoms with Gasteiger partial charge < -0.3 is 9.47 Å². The lowest BCUT2D eigenvalue weighted by Crippen LogP contribution is -2.41. The van der Waals surface area contributed by atoms with Crippen LogP contribution in [0.4, 0.5) is 0 Å². The third kappa shape index (κ3) is 2.57. The van der Waals surface area contributed by atoms with Crippen LogP contribution in [0.3, 0.4) is 0 Å². The van der Waals surface area contributed by atoms with Crippen molar-refractivity contribution in [2.24, 2.45) is 0 Å². The highest BCUT2D eigenvalue weighted by Gasteiger charge is 2.39. The fourth-order valence-corrected chi connectivity index (χ4v) is 2.41. The molecule has 0 fully saturated rings. The molecule has 0 radical (unpaired) electrons. The van der Waals surface area contributed by atoms with Crippen molar-refractivity contribution in [1.29, 1.82) is 0 Å². The van der Waals surface area contributed by atoms with E-state index in [0.717, 1.165) is 5.56 Å². The Hall–Kier alpha value is -1.33. The summed E-state index contributed by atoms with van der Waals surface area (Å²) in [5.41, 5.74) is 0.772. The van der Waals surface area contributed by atoms with Gasteiger partial charge in [-0.15, -0.1) is 0 Å². The van der Waals surface area contributed by atoms with Crippen LogP contribution in [-0.4, -0.2) is 24.4 Å². The summed E-state index contributed by atoms with van der Waals surface area (Å²) in [5.74, 6) is -0.490. The van der Waals surface area contributed by atoms with Gasteiger partial charge in [-0.25, -0.2) is 0 Å². The van der Waals surface area contributed by atoms with Gasteiger partial charge in [0.05, 0.1) is 5.92 Å². The van der Waals surface area contributed by atoms with E-state index in [1.807, 2.05) is 0 Å². The van der Waals surface area contributed by atoms with Crippen LogP contribution in [0, 0.1) is 10.1 Å². The van der Waals surface area contributed by atoms with Gasteiger partial charge in [0, 0.05) is 36.0 Å². The van der Waals surface area contributed by atoms with Gasteiger partial charge in [0.1, 0.15) is 5.75 Å². The third-order valence-electron chi connectivity index (χ3n) is 3.16. The van der Waals surface area contributed by atoms with Crippen LogP contribution in [0.1, 0.15) is 24.8 Å². The van der Waals surface area contributed by atoms with Crippen LogP contribution in [-0.2, 0) is 4.74 Å². The molecule has 1 aliphatic heterocycles. The summed E-state index contributed by atoms with van der Waals surface area (Å²) in [6.45, 7) is 1.62. The van der Waals surface area contributed by atoms with E-state index < -0.39 is 5.79 Å². The van der Waals surface area contributed by atoms with Gasteiger partial charge in [-0.2, -0.15) is 0 Å². The fraction of sp³-hybridized carbons (Fsp3) is 0.500. The number of rotatable bonds is 3. The summed E-state index contributed by atoms with van der Waals surface area (Å²) in [5, 5.41) is 11.3. The Morgan fingerprint density at radius 3 is 3.00 bits per heavy atom. The number of methoxy groups -OCH3 is 1. The van der Waals surface area contributed by atoms with Gasteiger partial charge in [0.25, 0.3) is 0 Å². The van der Waals surface area contributed by atoms with Gasteiger partial charge in [-0.3, -0.25) is 10.1 Å². The number of nitro groups is 1. The molecule has 18 heavy (non-hydrogen) atoms. The quantitative estimate of drug-likeness (QED) is 0.626. The highest BCUT2D eigenvalue weighted by Crippen LogP contribution is 2.42. The van der Waals surface area contributed by atoms with E-state index in [1.54, 1.807) is 25.1 Å². The normalized spacial score (nSPS) is 26.3. The number of fused-ring (bicyclic) bond motifs is 1. The minimum atomic E-state index is -0.832. The predicted molar refractivity (Wildman–Crippen MR) is 66.7 cm³/mol. The first-order valence-electron chi connectivity index (χ1n) is 5.59. The first-order chi connectivity index (χ1) is 8.43. The minimum absolute atomic E-state index is 0.157. The largest absolute Gasteiger partial charge is 0.462 e. The molecule has 0 saturated carbocycles. The van der Waals surface area contributed by atoms with Gasteiger partial charge in [-0.05, 0) is 18.2 Å². The molecule has 0 saturated heterocycles. The molecule has 0 N–H and O–H groups in total. The molecule has 0 bridgehead atoms. The summed E-state index contributed by atoms with van der Waals surface area (Å²) < 4.78 is 11.0. The fourth-order valence-electron chi connectivity index (χ4n) is 2.23. The number of nitrogens with zero attached hydrogens (tertiary/aromatic N) is 1. The van der Waals surface area contributed by atoms with E-state index >= 15 is 0 Å². The maximum atomic E-state index is 10.8. The van der Waals surface area contributed by atoms with Crippen molar-refractivity contribution in [2.45, 2.75) is 25.0 Å². The Morgan fingerprint density at radius 2 is 2.39 bits per heavy atom. The molecule has 2 atom stereocenters. The maximum Gasteiger partial charge on any atom is 0.211 e. The molecule has 1 aromatic rings. The Morgan fingerprint density at radius 1 is 1.67 bits per heavy atom. The standard InChI is InChI=1S/C12H14ClNO4/c1-12(17-2)6-8(7-14(15)16)10-5-9(13)3-4-11(10)18-12/h3-5,8H,6-7H2,1-2H3/t8-,12+/m1/s1. The van der Waals surface area contributed by atoms with Gasteiger partial charge in [0.2, 0.25) is 12.3 Å². The van der Waals surface area contributed by atoms with Crippen molar-refractivity contribution in [1.82, 2.24) is 0 Å². The Bertz CT molecular complexity index is 479. The van der Waals surface area contributed by atoms with E-state index in [9.17, 15) is 10.1 Å². The topological polar surface area (TPSA) is 61.6 Å². The molecule has 1 aromatic carbocycles. The molecule has 0 amide bonds. The van der Waals surface area contributed by atoms with E-state index in [0.29, 0.717) is 17.2 Å². The number of ether oxygens (including phenoxy) is 2. The average Bonchev–Trinajstić information content (AvgIpc) is 2.29. The highest BCUT2D eigenvalue weighted by molar-refractivity contribution is 6.30. The number of hydrogen-bond acceptors (Lipinski definition) is 4. The SMILES string of the molecule is CO[C@]1(C)C[C@H](C[N+](=O)[O-])c2cc(Cl)ccc2O1. The lowest BCUT2D eigenvalue weighted by molar-refractivity contribution is -0.485. The average molecular weight is 272 g/mol. The van der Waals surface area contributed by atoms with Crippen molar-refractivity contribution >= 4 is 11.6 Å². The molecule has 0 unspecified atom stereocenters. The molecule has 98 valence electrons. The van der Waals surface area contributed by atoms with Gasteiger partial charge in [-0.1, -0.05) is 11.6 Å². The zero-order chi connectivity index (χ0) is 13.3. The van der Waals surface area contributed by atoms with Crippen LogP contribution in [0.5, 0.6) is 5.75 Å². The zero-order valence-corrected chi connectivity index (χ0v) is 10.9. The molecule has 0 aromatic heterocycles. The predicted octanol–water partition coefficient (Wildman–Crippen LogP) is 2.85. The molecule has 1 heterocycles. The monoisotopic (exact) mass is 271 g/mol. The Labute approximate surface area is 110 Å². The van der Waals surface area contributed by atoms with Crippen molar-refractivity contribution < 1.29 is 14.4 Å². The molecular formula is C12H14ClNO4.